The van der Waals surface area contributed by atoms with Crippen molar-refractivity contribution in [3.63, 3.8) is 0 Å². The van der Waals surface area contributed by atoms with Gasteiger partial charge in [0, 0.05) is 36.3 Å². The summed E-state index contributed by atoms with van der Waals surface area (Å²) in [5.41, 5.74) is 4.74. The number of benzene rings is 4. The Morgan fingerprint density at radius 2 is 1.04 bits per heavy atom. The van der Waals surface area contributed by atoms with Crippen molar-refractivity contribution in [3.05, 3.63) is 155 Å². The quantitative estimate of drug-likeness (QED) is 0.0712. The number of nitrogens with zero attached hydrogens (tertiary/aromatic N) is 4. The zero-order valence-electron chi connectivity index (χ0n) is 37.3. The molecule has 4 heterocycles. The van der Waals surface area contributed by atoms with E-state index in [0.717, 1.165) is 12.1 Å². The molecule has 22 heteroatoms. The minimum atomic E-state index is -4.38. The Morgan fingerprint density at radius 1 is 0.620 bits per heavy atom. The number of hydrogen-bond acceptors (Lipinski definition) is 9. The average molecular weight is 997 g/mol. The summed E-state index contributed by atoms with van der Waals surface area (Å²) in [5, 5.41) is 14.6. The van der Waals surface area contributed by atoms with Gasteiger partial charge in [0.05, 0.1) is 78.6 Å². The number of carboxylic acid groups (broad SMARTS) is 1. The fraction of sp³-hybridized carbons (Fsp3) is 0.184. The van der Waals surface area contributed by atoms with Gasteiger partial charge in [-0.15, -0.1) is 0 Å². The maximum Gasteiger partial charge on any atom is 0.390 e. The molecule has 0 radical (unpaired) electrons. The van der Waals surface area contributed by atoms with Crippen LogP contribution in [0.5, 0.6) is 23.0 Å². The highest BCUT2D eigenvalue weighted by atomic mass is 19.4. The molecule has 0 bridgehead atoms. The van der Waals surface area contributed by atoms with Crippen molar-refractivity contribution >= 4 is 34.6 Å². The normalized spacial score (nSPS) is 11.6. The number of carbonyl (C=O) groups excluding carboxylic acids is 1. The number of rotatable bonds is 14. The van der Waals surface area contributed by atoms with Gasteiger partial charge in [-0.25, -0.2) is 28.3 Å². The van der Waals surface area contributed by atoms with Crippen LogP contribution in [0.3, 0.4) is 0 Å². The SMILES string of the molecule is COC(=O)c1ccc(-c2cnc3c(NCCC(F)(F)F)cc(Oc4cccc(F)c4F)cn23)cc1C.Cc1cc(-c2cnc3c(NCCC(F)(F)F)cc(Oc4cccc(F)c4F)cn23)ccc1C(=O)O. The Labute approximate surface area is 396 Å². The van der Waals surface area contributed by atoms with Crippen LogP contribution >= 0.6 is 0 Å². The number of nitrogens with one attached hydrogen (secondary N) is 2. The first-order chi connectivity index (χ1) is 33.6. The minimum Gasteiger partial charge on any atom is -0.478 e. The van der Waals surface area contributed by atoms with Gasteiger partial charge in [-0.05, 0) is 73.5 Å². The van der Waals surface area contributed by atoms with E-state index in [0.29, 0.717) is 39.2 Å². The molecule has 0 saturated heterocycles. The zero-order valence-corrected chi connectivity index (χ0v) is 37.3. The van der Waals surface area contributed by atoms with Gasteiger partial charge in [-0.1, -0.05) is 24.3 Å². The Bertz CT molecular complexity index is 3280. The monoisotopic (exact) mass is 996 g/mol. The topological polar surface area (TPSA) is 141 Å². The number of hydrogen-bond donors (Lipinski definition) is 3. The van der Waals surface area contributed by atoms with E-state index in [1.165, 1.54) is 78.8 Å². The summed E-state index contributed by atoms with van der Waals surface area (Å²) in [5.74, 6) is -7.00. The summed E-state index contributed by atoms with van der Waals surface area (Å²) < 4.78 is 151. The van der Waals surface area contributed by atoms with Gasteiger partial charge >= 0.3 is 24.3 Å². The number of ether oxygens (including phenoxy) is 3. The van der Waals surface area contributed by atoms with E-state index in [2.05, 4.69) is 20.6 Å². The molecular weight excluding hydrogens is 959 g/mol. The number of aromatic carboxylic acids is 1. The molecule has 0 amide bonds. The Hall–Kier alpha value is -8.30. The van der Waals surface area contributed by atoms with Crippen LogP contribution in [0.15, 0.2) is 110 Å². The van der Waals surface area contributed by atoms with E-state index < -0.39 is 85.0 Å². The van der Waals surface area contributed by atoms with Crippen molar-refractivity contribution in [2.45, 2.75) is 39.0 Å². The first kappa shape index (κ1) is 50.6. The predicted molar refractivity (Wildman–Crippen MR) is 240 cm³/mol. The largest absolute Gasteiger partial charge is 0.478 e. The summed E-state index contributed by atoms with van der Waals surface area (Å²) in [6.07, 6.45) is -5.10. The summed E-state index contributed by atoms with van der Waals surface area (Å²) in [6, 6.07) is 19.1. The second-order valence-corrected chi connectivity index (χ2v) is 15.6. The third kappa shape index (κ3) is 11.9. The van der Waals surface area contributed by atoms with Crippen molar-refractivity contribution in [1.82, 2.24) is 18.8 Å². The number of carbonyl (C=O) groups is 2. The molecule has 71 heavy (non-hydrogen) atoms. The van der Waals surface area contributed by atoms with E-state index in [4.69, 9.17) is 14.2 Å². The average Bonchev–Trinajstić information content (AvgIpc) is 3.94. The van der Waals surface area contributed by atoms with Crippen LogP contribution in [-0.2, 0) is 4.74 Å². The number of aromatic nitrogens is 4. The second kappa shape index (κ2) is 20.7. The molecule has 370 valence electrons. The fourth-order valence-electron chi connectivity index (χ4n) is 7.21. The van der Waals surface area contributed by atoms with E-state index >= 15 is 0 Å². The lowest BCUT2D eigenvalue weighted by atomic mass is 10.0. The Balaban J connectivity index is 0.000000209. The van der Waals surface area contributed by atoms with E-state index in [1.807, 2.05) is 0 Å². The molecule has 0 aliphatic rings. The highest BCUT2D eigenvalue weighted by molar-refractivity contribution is 5.92. The van der Waals surface area contributed by atoms with Gasteiger partial charge in [0.15, 0.2) is 34.4 Å². The van der Waals surface area contributed by atoms with Gasteiger partial charge in [0.2, 0.25) is 11.6 Å². The van der Waals surface area contributed by atoms with Crippen LogP contribution < -0.4 is 20.1 Å². The molecule has 12 nitrogen and oxygen atoms in total. The lowest BCUT2D eigenvalue weighted by molar-refractivity contribution is -0.132. The Kier molecular flexibility index (Phi) is 14.8. The molecule has 8 rings (SSSR count). The molecule has 0 aliphatic heterocycles. The third-order valence-electron chi connectivity index (χ3n) is 10.6. The number of aryl methyl sites for hydroxylation is 2. The standard InChI is InChI=1S/C25H20F5N3O3.C24H18F5N3O3/c1-14-10-15(6-7-17(14)24(34)35-2)20-12-32-23-19(31-9-8-25(28,29)30)11-16(13-33(20)23)36-21-5-3-4-18(26)22(21)27;1-13-9-14(5-6-16(13)23(33)34)19-11-31-22-18(30-8-7-24(27,28)29)10-15(12-32(19)22)35-20-4-2-3-17(25)21(20)26/h3-7,10-13,31H,8-9H2,1-2H3;2-6,9-12,30H,7-8H2,1H3,(H,33,34). The molecule has 4 aromatic heterocycles. The van der Waals surface area contributed by atoms with E-state index in [9.17, 15) is 58.6 Å². The van der Waals surface area contributed by atoms with Crippen LogP contribution in [0.25, 0.3) is 33.8 Å². The van der Waals surface area contributed by atoms with Crippen molar-refractivity contribution in [1.29, 1.82) is 0 Å². The predicted octanol–water partition coefficient (Wildman–Crippen LogP) is 13.0. The van der Waals surface area contributed by atoms with Crippen molar-refractivity contribution in [2.24, 2.45) is 0 Å². The number of esters is 1. The molecule has 0 fully saturated rings. The van der Waals surface area contributed by atoms with Crippen molar-refractivity contribution in [3.8, 4) is 45.5 Å². The number of alkyl halides is 6. The van der Waals surface area contributed by atoms with Crippen LogP contribution in [0.1, 0.15) is 44.7 Å². The molecule has 0 atom stereocenters. The van der Waals surface area contributed by atoms with Gasteiger partial charge in [-0.2, -0.15) is 35.1 Å². The molecule has 0 spiro atoms. The van der Waals surface area contributed by atoms with Gasteiger partial charge in [0.1, 0.15) is 11.5 Å². The van der Waals surface area contributed by atoms with Crippen LogP contribution in [0.2, 0.25) is 0 Å². The maximum atomic E-state index is 14.2. The Morgan fingerprint density at radius 3 is 1.42 bits per heavy atom. The molecule has 0 saturated carbocycles. The van der Waals surface area contributed by atoms with Crippen molar-refractivity contribution < 1.29 is 72.8 Å². The lowest BCUT2D eigenvalue weighted by Gasteiger charge is -2.14. The number of halogens is 10. The van der Waals surface area contributed by atoms with Gasteiger partial charge < -0.3 is 30.0 Å². The van der Waals surface area contributed by atoms with E-state index in [1.54, 1.807) is 48.6 Å². The number of imidazole rings is 2. The summed E-state index contributed by atoms with van der Waals surface area (Å²) in [4.78, 5) is 31.9. The first-order valence-corrected chi connectivity index (χ1v) is 21.0. The number of carboxylic acids is 1. The number of anilines is 2. The fourth-order valence-corrected chi connectivity index (χ4v) is 7.21. The minimum absolute atomic E-state index is 0.00892. The zero-order chi connectivity index (χ0) is 51.4. The van der Waals surface area contributed by atoms with E-state index in [-0.39, 0.29) is 39.7 Å². The molecule has 4 aromatic carbocycles. The molecule has 0 unspecified atom stereocenters. The summed E-state index contributed by atoms with van der Waals surface area (Å²) >= 11 is 0. The first-order valence-electron chi connectivity index (χ1n) is 21.0. The number of methoxy groups -OCH3 is 1. The lowest BCUT2D eigenvalue weighted by Crippen LogP contribution is -2.15. The van der Waals surface area contributed by atoms with Crippen molar-refractivity contribution in [2.75, 3.05) is 30.8 Å². The molecule has 3 N–H and O–H groups in total. The smallest absolute Gasteiger partial charge is 0.390 e. The van der Waals surface area contributed by atoms with Crippen LogP contribution in [0, 0.1) is 37.1 Å². The highest BCUT2D eigenvalue weighted by Crippen LogP contribution is 2.36. The second-order valence-electron chi connectivity index (χ2n) is 15.6. The molecule has 8 aromatic rings. The number of pyridine rings is 2. The van der Waals surface area contributed by atoms with Crippen LogP contribution in [-0.4, -0.2) is 68.4 Å². The molecular formula is C49H38F10N6O6. The summed E-state index contributed by atoms with van der Waals surface area (Å²) in [6.45, 7) is 2.46. The van der Waals surface area contributed by atoms with Gasteiger partial charge in [-0.3, -0.25) is 8.80 Å². The maximum absolute atomic E-state index is 14.2. The third-order valence-corrected chi connectivity index (χ3v) is 10.6. The van der Waals surface area contributed by atoms with Gasteiger partial charge in [0.25, 0.3) is 0 Å². The van der Waals surface area contributed by atoms with Crippen LogP contribution in [0.4, 0.5) is 55.3 Å². The highest BCUT2D eigenvalue weighted by Gasteiger charge is 2.28. The molecule has 0 aliphatic carbocycles. The summed E-state index contributed by atoms with van der Waals surface area (Å²) in [7, 11) is 1.27. The number of fused-ring (bicyclic) bond motifs is 2.